The Balaban J connectivity index is 1.58. The lowest BCUT2D eigenvalue weighted by Crippen LogP contribution is -2.32. The zero-order chi connectivity index (χ0) is 20.8. The van der Waals surface area contributed by atoms with Crippen molar-refractivity contribution in [3.05, 3.63) is 64.7 Å². The van der Waals surface area contributed by atoms with Crippen LogP contribution in [-0.4, -0.2) is 34.7 Å². The molecule has 2 aromatic carbocycles. The summed E-state index contributed by atoms with van der Waals surface area (Å²) in [6.07, 6.45) is -0.214. The molecule has 11 heteroatoms. The van der Waals surface area contributed by atoms with E-state index in [0.717, 1.165) is 5.69 Å². The molecular weight excluding hydrogens is 378 g/mol. The zero-order valence-corrected chi connectivity index (χ0v) is 15.0. The summed E-state index contributed by atoms with van der Waals surface area (Å²) in [7, 11) is 0. The fraction of sp³-hybridized carbons (Fsp3) is 0.111. The molecule has 0 saturated carbocycles. The highest BCUT2D eigenvalue weighted by molar-refractivity contribution is 6.11. The summed E-state index contributed by atoms with van der Waals surface area (Å²) < 4.78 is 0. The van der Waals surface area contributed by atoms with Crippen molar-refractivity contribution in [2.75, 3.05) is 10.6 Å². The number of non-ortho nitro benzene ring substituents is 1. The Morgan fingerprint density at radius 3 is 2.45 bits per heavy atom. The van der Waals surface area contributed by atoms with E-state index in [4.69, 9.17) is 5.73 Å². The van der Waals surface area contributed by atoms with E-state index in [9.17, 15) is 19.7 Å². The molecule has 1 heterocycles. The largest absolute Gasteiger partial charge is 0.369 e. The van der Waals surface area contributed by atoms with Gasteiger partial charge in [-0.3, -0.25) is 25.0 Å². The maximum Gasteiger partial charge on any atom is 0.269 e. The Morgan fingerprint density at radius 1 is 1.14 bits per heavy atom. The maximum absolute atomic E-state index is 12.1. The molecule has 148 valence electrons. The van der Waals surface area contributed by atoms with E-state index in [1.54, 1.807) is 12.1 Å². The standard InChI is InChI=1S/C18H17N7O4/c19-17(21-11-4-2-1-3-5-11)24-18-22-14(16(27)23-18)10-15(26)20-12-6-8-13(9-7-12)25(28)29/h1-9,14H,10H2,(H,20,26)(H4,19,21,22,23,24,27)/t14-/m0/s1. The van der Waals surface area contributed by atoms with Gasteiger partial charge in [0, 0.05) is 23.5 Å². The number of nitro groups is 1. The molecule has 0 aliphatic carbocycles. The number of nitrogens with zero attached hydrogens (tertiary/aromatic N) is 3. The van der Waals surface area contributed by atoms with Gasteiger partial charge < -0.3 is 16.4 Å². The van der Waals surface area contributed by atoms with E-state index < -0.39 is 22.8 Å². The van der Waals surface area contributed by atoms with Gasteiger partial charge in [0.2, 0.25) is 17.8 Å². The van der Waals surface area contributed by atoms with Crippen LogP contribution in [-0.2, 0) is 9.59 Å². The van der Waals surface area contributed by atoms with Crippen LogP contribution in [0.25, 0.3) is 0 Å². The Morgan fingerprint density at radius 2 is 1.79 bits per heavy atom. The molecule has 1 aliphatic heterocycles. The summed E-state index contributed by atoms with van der Waals surface area (Å²) in [5.41, 5.74) is 6.79. The summed E-state index contributed by atoms with van der Waals surface area (Å²) >= 11 is 0. The van der Waals surface area contributed by atoms with Gasteiger partial charge in [0.05, 0.1) is 11.3 Å². The van der Waals surface area contributed by atoms with Crippen LogP contribution in [0.15, 0.2) is 64.6 Å². The first-order valence-electron chi connectivity index (χ1n) is 8.50. The first kappa shape index (κ1) is 19.5. The molecule has 0 fully saturated rings. The van der Waals surface area contributed by atoms with Gasteiger partial charge >= 0.3 is 0 Å². The van der Waals surface area contributed by atoms with Crippen LogP contribution in [0.2, 0.25) is 0 Å². The molecule has 3 rings (SSSR count). The predicted octanol–water partition coefficient (Wildman–Crippen LogP) is 1.20. The molecule has 0 bridgehead atoms. The van der Waals surface area contributed by atoms with Gasteiger partial charge in [-0.2, -0.15) is 4.99 Å². The third-order valence-corrected chi connectivity index (χ3v) is 3.83. The number of nitro benzene ring substituents is 1. The quantitative estimate of drug-likeness (QED) is 0.257. The van der Waals surface area contributed by atoms with Gasteiger partial charge in [0.1, 0.15) is 6.04 Å². The number of rotatable bonds is 5. The molecule has 11 nitrogen and oxygen atoms in total. The molecule has 2 amide bonds. The van der Waals surface area contributed by atoms with Gasteiger partial charge in [-0.05, 0) is 24.3 Å². The Labute approximate surface area is 164 Å². The molecule has 29 heavy (non-hydrogen) atoms. The van der Waals surface area contributed by atoms with Crippen LogP contribution in [0.3, 0.4) is 0 Å². The number of nitrogens with two attached hydrogens (primary N) is 1. The summed E-state index contributed by atoms with van der Waals surface area (Å²) in [6, 6.07) is 13.5. The number of carbonyl (C=O) groups is 2. The van der Waals surface area contributed by atoms with Crippen LogP contribution in [0.4, 0.5) is 17.1 Å². The number of nitrogens with one attached hydrogen (secondary N) is 3. The molecule has 0 radical (unpaired) electrons. The second kappa shape index (κ2) is 8.61. The van der Waals surface area contributed by atoms with Crippen molar-refractivity contribution in [2.45, 2.75) is 12.5 Å². The number of anilines is 2. The topological polar surface area (TPSA) is 164 Å². The van der Waals surface area contributed by atoms with Crippen LogP contribution in [0.5, 0.6) is 0 Å². The predicted molar refractivity (Wildman–Crippen MR) is 107 cm³/mol. The van der Waals surface area contributed by atoms with Crippen LogP contribution >= 0.6 is 0 Å². The van der Waals surface area contributed by atoms with Crippen LogP contribution in [0.1, 0.15) is 6.42 Å². The number of benzene rings is 2. The maximum atomic E-state index is 12.1. The summed E-state index contributed by atoms with van der Waals surface area (Å²) in [4.78, 5) is 42.3. The normalized spacial score (nSPS) is 16.0. The molecule has 0 aromatic heterocycles. The second-order valence-electron chi connectivity index (χ2n) is 6.00. The van der Waals surface area contributed by atoms with Crippen molar-refractivity contribution in [3.8, 4) is 0 Å². The summed E-state index contributed by atoms with van der Waals surface area (Å²) in [6.45, 7) is 0. The minimum atomic E-state index is -0.948. The van der Waals surface area contributed by atoms with Gasteiger partial charge in [-0.1, -0.05) is 18.2 Å². The van der Waals surface area contributed by atoms with Crippen LogP contribution in [0, 0.1) is 10.1 Å². The van der Waals surface area contributed by atoms with Crippen molar-refractivity contribution in [1.29, 1.82) is 0 Å². The third-order valence-electron chi connectivity index (χ3n) is 3.83. The molecule has 1 atom stereocenters. The minimum absolute atomic E-state index is 0.00377. The van der Waals surface area contributed by atoms with Gasteiger partial charge in [-0.25, -0.2) is 4.99 Å². The van der Waals surface area contributed by atoms with E-state index in [-0.39, 0.29) is 24.0 Å². The number of amides is 2. The highest BCUT2D eigenvalue weighted by atomic mass is 16.6. The Bertz CT molecular complexity index is 987. The van der Waals surface area contributed by atoms with Crippen LogP contribution < -0.4 is 21.7 Å². The average Bonchev–Trinajstić information content (AvgIpc) is 3.01. The second-order valence-corrected chi connectivity index (χ2v) is 6.00. The average molecular weight is 395 g/mol. The van der Waals surface area contributed by atoms with Crippen molar-refractivity contribution in [2.24, 2.45) is 15.7 Å². The Hall–Kier alpha value is -4.28. The molecule has 0 unspecified atom stereocenters. The number of guanidine groups is 2. The minimum Gasteiger partial charge on any atom is -0.369 e. The first-order chi connectivity index (χ1) is 13.9. The summed E-state index contributed by atoms with van der Waals surface area (Å²) in [5, 5.41) is 18.5. The first-order valence-corrected chi connectivity index (χ1v) is 8.50. The number of hydrogen-bond donors (Lipinski definition) is 4. The fourth-order valence-corrected chi connectivity index (χ4v) is 2.49. The van der Waals surface area contributed by atoms with E-state index in [2.05, 4.69) is 25.9 Å². The zero-order valence-electron chi connectivity index (χ0n) is 15.0. The lowest BCUT2D eigenvalue weighted by atomic mass is 10.2. The summed E-state index contributed by atoms with van der Waals surface area (Å²) in [5.74, 6) is -0.909. The molecule has 5 N–H and O–H groups in total. The molecule has 0 spiro atoms. The van der Waals surface area contributed by atoms with Crippen molar-refractivity contribution in [3.63, 3.8) is 0 Å². The fourth-order valence-electron chi connectivity index (χ4n) is 2.49. The van der Waals surface area contributed by atoms with Crippen molar-refractivity contribution in [1.82, 2.24) is 5.32 Å². The molecule has 0 saturated heterocycles. The van der Waals surface area contributed by atoms with Crippen molar-refractivity contribution >= 4 is 40.8 Å². The lowest BCUT2D eigenvalue weighted by Gasteiger charge is -2.06. The number of para-hydroxylation sites is 1. The number of aliphatic imine (C=N–C) groups is 2. The molecule has 1 aliphatic rings. The van der Waals surface area contributed by atoms with Gasteiger partial charge in [-0.15, -0.1) is 0 Å². The molecular formula is C18H17N7O4. The van der Waals surface area contributed by atoms with E-state index in [0.29, 0.717) is 5.69 Å². The SMILES string of the molecule is NC(=NC1=N[C@@H](CC(=O)Nc2ccc([N+](=O)[O-])cc2)C(=O)N1)Nc1ccccc1. The number of hydrogen-bond acceptors (Lipinski definition) is 6. The van der Waals surface area contributed by atoms with E-state index >= 15 is 0 Å². The van der Waals surface area contributed by atoms with Crippen molar-refractivity contribution < 1.29 is 14.5 Å². The monoisotopic (exact) mass is 395 g/mol. The smallest absolute Gasteiger partial charge is 0.269 e. The lowest BCUT2D eigenvalue weighted by molar-refractivity contribution is -0.384. The van der Waals surface area contributed by atoms with E-state index in [1.165, 1.54) is 24.3 Å². The highest BCUT2D eigenvalue weighted by Crippen LogP contribution is 2.16. The third kappa shape index (κ3) is 5.35. The van der Waals surface area contributed by atoms with E-state index in [1.807, 2.05) is 18.2 Å². The highest BCUT2D eigenvalue weighted by Gasteiger charge is 2.28. The molecule has 2 aromatic rings. The van der Waals surface area contributed by atoms with Gasteiger partial charge in [0.15, 0.2) is 0 Å². The Kier molecular flexibility index (Phi) is 5.78. The number of carbonyl (C=O) groups excluding carboxylic acids is 2. The van der Waals surface area contributed by atoms with Gasteiger partial charge in [0.25, 0.3) is 11.6 Å².